The Balaban J connectivity index is 1.98. The number of aryl methyl sites for hydroxylation is 1. The SMILES string of the molecule is Cc1nc(CC2CC(C)CCC2Br)cs1. The molecule has 84 valence electrons. The summed E-state index contributed by atoms with van der Waals surface area (Å²) in [7, 11) is 0. The van der Waals surface area contributed by atoms with Crippen LogP contribution in [0, 0.1) is 18.8 Å². The third-order valence-electron chi connectivity index (χ3n) is 3.29. The number of hydrogen-bond acceptors (Lipinski definition) is 2. The van der Waals surface area contributed by atoms with Crippen molar-refractivity contribution in [3.05, 3.63) is 16.1 Å². The molecule has 0 spiro atoms. The second kappa shape index (κ2) is 4.96. The number of halogens is 1. The first-order chi connectivity index (χ1) is 7.15. The fourth-order valence-electron chi connectivity index (χ4n) is 2.44. The Bertz CT molecular complexity index is 323. The van der Waals surface area contributed by atoms with Crippen LogP contribution in [-0.2, 0) is 6.42 Å². The monoisotopic (exact) mass is 287 g/mol. The van der Waals surface area contributed by atoms with Crippen molar-refractivity contribution >= 4 is 27.3 Å². The van der Waals surface area contributed by atoms with E-state index in [2.05, 4.69) is 40.1 Å². The first-order valence-corrected chi connectivity index (χ1v) is 7.49. The molecular weight excluding hydrogens is 270 g/mol. The molecule has 0 saturated heterocycles. The Kier molecular flexibility index (Phi) is 3.83. The highest BCUT2D eigenvalue weighted by atomic mass is 79.9. The van der Waals surface area contributed by atoms with E-state index >= 15 is 0 Å². The van der Waals surface area contributed by atoms with Crippen LogP contribution in [0.4, 0.5) is 0 Å². The molecule has 1 nitrogen and oxygen atoms in total. The lowest BCUT2D eigenvalue weighted by molar-refractivity contribution is 0.293. The van der Waals surface area contributed by atoms with Gasteiger partial charge in [-0.15, -0.1) is 11.3 Å². The first kappa shape index (κ1) is 11.6. The lowest BCUT2D eigenvalue weighted by Crippen LogP contribution is -2.25. The second-order valence-corrected chi connectivity index (χ2v) is 6.99. The summed E-state index contributed by atoms with van der Waals surface area (Å²) < 4.78 is 0. The second-order valence-electron chi connectivity index (χ2n) is 4.76. The lowest BCUT2D eigenvalue weighted by Gasteiger charge is -2.31. The van der Waals surface area contributed by atoms with Crippen LogP contribution in [0.1, 0.15) is 36.9 Å². The van der Waals surface area contributed by atoms with E-state index in [0.29, 0.717) is 4.83 Å². The molecule has 1 heterocycles. The van der Waals surface area contributed by atoms with E-state index in [4.69, 9.17) is 0 Å². The van der Waals surface area contributed by atoms with Gasteiger partial charge in [0.05, 0.1) is 10.7 Å². The van der Waals surface area contributed by atoms with Gasteiger partial charge in [-0.1, -0.05) is 22.9 Å². The van der Waals surface area contributed by atoms with Crippen LogP contribution in [0.15, 0.2) is 5.38 Å². The van der Waals surface area contributed by atoms with E-state index < -0.39 is 0 Å². The normalized spacial score (nSPS) is 31.8. The summed E-state index contributed by atoms with van der Waals surface area (Å²) in [6.45, 7) is 4.46. The van der Waals surface area contributed by atoms with Gasteiger partial charge in [-0.05, 0) is 44.4 Å². The van der Waals surface area contributed by atoms with E-state index in [0.717, 1.165) is 18.3 Å². The van der Waals surface area contributed by atoms with Crippen LogP contribution in [0.25, 0.3) is 0 Å². The predicted molar refractivity (Wildman–Crippen MR) is 69.8 cm³/mol. The molecule has 0 radical (unpaired) electrons. The predicted octanol–water partition coefficient (Wildman–Crippen LogP) is 4.19. The van der Waals surface area contributed by atoms with Crippen LogP contribution >= 0.6 is 27.3 Å². The Hall–Kier alpha value is 0.110. The van der Waals surface area contributed by atoms with E-state index in [1.54, 1.807) is 11.3 Å². The highest BCUT2D eigenvalue weighted by molar-refractivity contribution is 9.09. The molecule has 1 fully saturated rings. The molecule has 3 heteroatoms. The number of thiazole rings is 1. The number of rotatable bonds is 2. The minimum Gasteiger partial charge on any atom is -0.247 e. The average Bonchev–Trinajstić information content (AvgIpc) is 2.58. The van der Waals surface area contributed by atoms with Gasteiger partial charge in [-0.25, -0.2) is 4.98 Å². The molecule has 1 aromatic heterocycles. The van der Waals surface area contributed by atoms with E-state index in [9.17, 15) is 0 Å². The van der Waals surface area contributed by atoms with Gasteiger partial charge in [0.15, 0.2) is 0 Å². The molecule has 15 heavy (non-hydrogen) atoms. The van der Waals surface area contributed by atoms with Gasteiger partial charge in [-0.2, -0.15) is 0 Å². The van der Waals surface area contributed by atoms with Crippen molar-refractivity contribution in [1.82, 2.24) is 4.98 Å². The number of alkyl halides is 1. The highest BCUT2D eigenvalue weighted by Crippen LogP contribution is 2.35. The quantitative estimate of drug-likeness (QED) is 0.743. The van der Waals surface area contributed by atoms with E-state index in [-0.39, 0.29) is 0 Å². The zero-order valence-electron chi connectivity index (χ0n) is 9.37. The lowest BCUT2D eigenvalue weighted by atomic mass is 9.80. The molecule has 1 aliphatic carbocycles. The molecule has 0 aliphatic heterocycles. The maximum Gasteiger partial charge on any atom is 0.0897 e. The molecule has 1 saturated carbocycles. The van der Waals surface area contributed by atoms with Crippen LogP contribution in [0.3, 0.4) is 0 Å². The Morgan fingerprint density at radius 3 is 3.00 bits per heavy atom. The van der Waals surface area contributed by atoms with Crippen molar-refractivity contribution in [2.45, 2.75) is 44.4 Å². The van der Waals surface area contributed by atoms with Crippen molar-refractivity contribution in [1.29, 1.82) is 0 Å². The van der Waals surface area contributed by atoms with Crippen LogP contribution in [0.2, 0.25) is 0 Å². The minimum absolute atomic E-state index is 0.704. The van der Waals surface area contributed by atoms with Crippen LogP contribution in [-0.4, -0.2) is 9.81 Å². The van der Waals surface area contributed by atoms with Crippen molar-refractivity contribution in [3.63, 3.8) is 0 Å². The zero-order valence-corrected chi connectivity index (χ0v) is 11.8. The Morgan fingerprint density at radius 1 is 1.53 bits per heavy atom. The topological polar surface area (TPSA) is 12.9 Å². The van der Waals surface area contributed by atoms with Gasteiger partial charge in [-0.3, -0.25) is 0 Å². The summed E-state index contributed by atoms with van der Waals surface area (Å²) >= 11 is 5.59. The van der Waals surface area contributed by atoms with Gasteiger partial charge in [0.25, 0.3) is 0 Å². The Morgan fingerprint density at radius 2 is 2.33 bits per heavy atom. The minimum atomic E-state index is 0.704. The van der Waals surface area contributed by atoms with Crippen LogP contribution < -0.4 is 0 Å². The molecular formula is C12H18BrNS. The molecule has 3 unspecified atom stereocenters. The summed E-state index contributed by atoms with van der Waals surface area (Å²) in [6.07, 6.45) is 5.22. The summed E-state index contributed by atoms with van der Waals surface area (Å²) in [5, 5.41) is 3.41. The largest absolute Gasteiger partial charge is 0.247 e. The van der Waals surface area contributed by atoms with Gasteiger partial charge in [0, 0.05) is 10.2 Å². The first-order valence-electron chi connectivity index (χ1n) is 5.70. The maximum atomic E-state index is 4.56. The smallest absolute Gasteiger partial charge is 0.0897 e. The van der Waals surface area contributed by atoms with Crippen molar-refractivity contribution < 1.29 is 0 Å². The Labute approximate surface area is 104 Å². The summed E-state index contributed by atoms with van der Waals surface area (Å²) in [5.74, 6) is 1.68. The van der Waals surface area contributed by atoms with Crippen LogP contribution in [0.5, 0.6) is 0 Å². The molecule has 0 amide bonds. The number of nitrogens with zero attached hydrogens (tertiary/aromatic N) is 1. The van der Waals surface area contributed by atoms with E-state index in [1.165, 1.54) is 30.0 Å². The van der Waals surface area contributed by atoms with Gasteiger partial charge < -0.3 is 0 Å². The molecule has 1 aromatic rings. The fourth-order valence-corrected chi connectivity index (χ4v) is 3.74. The number of hydrogen-bond donors (Lipinski definition) is 0. The third-order valence-corrected chi connectivity index (χ3v) is 5.32. The number of aromatic nitrogens is 1. The summed E-state index contributed by atoms with van der Waals surface area (Å²) in [6, 6.07) is 0. The molecule has 3 atom stereocenters. The van der Waals surface area contributed by atoms with Gasteiger partial charge in [0.2, 0.25) is 0 Å². The van der Waals surface area contributed by atoms with E-state index in [1.807, 2.05) is 0 Å². The molecule has 0 bridgehead atoms. The van der Waals surface area contributed by atoms with Crippen molar-refractivity contribution in [2.24, 2.45) is 11.8 Å². The van der Waals surface area contributed by atoms with Crippen molar-refractivity contribution in [2.75, 3.05) is 0 Å². The molecule has 1 aliphatic rings. The standard InChI is InChI=1S/C12H18BrNS/c1-8-3-4-12(13)10(5-8)6-11-7-15-9(2)14-11/h7-8,10,12H,3-6H2,1-2H3. The fraction of sp³-hybridized carbons (Fsp3) is 0.750. The summed E-state index contributed by atoms with van der Waals surface area (Å²) in [4.78, 5) is 5.27. The van der Waals surface area contributed by atoms with Gasteiger partial charge >= 0.3 is 0 Å². The molecule has 2 rings (SSSR count). The highest BCUT2D eigenvalue weighted by Gasteiger charge is 2.27. The maximum absolute atomic E-state index is 4.56. The third kappa shape index (κ3) is 3.04. The molecule has 0 aromatic carbocycles. The van der Waals surface area contributed by atoms with Gasteiger partial charge in [0.1, 0.15) is 0 Å². The summed E-state index contributed by atoms with van der Waals surface area (Å²) in [5.41, 5.74) is 1.29. The average molecular weight is 288 g/mol. The zero-order chi connectivity index (χ0) is 10.8. The molecule has 0 N–H and O–H groups in total. The van der Waals surface area contributed by atoms with Crippen molar-refractivity contribution in [3.8, 4) is 0 Å².